The second-order valence-corrected chi connectivity index (χ2v) is 8.60. The highest BCUT2D eigenvalue weighted by Gasteiger charge is 2.26. The molecule has 0 radical (unpaired) electrons. The molecule has 0 fully saturated rings. The molecule has 1 aromatic heterocycles. The van der Waals surface area contributed by atoms with E-state index >= 15 is 0 Å². The van der Waals surface area contributed by atoms with Gasteiger partial charge in [-0.3, -0.25) is 4.79 Å². The lowest BCUT2D eigenvalue weighted by molar-refractivity contribution is -0.120. The molecule has 0 atom stereocenters. The lowest BCUT2D eigenvalue weighted by atomic mass is 9.82. The number of thioether (sulfide) groups is 1. The number of rotatable bonds is 5. The highest BCUT2D eigenvalue weighted by molar-refractivity contribution is 8.01. The number of hydrogen-bond acceptors (Lipinski definition) is 6. The Morgan fingerprint density at radius 3 is 2.42 bits per heavy atom. The third-order valence-corrected chi connectivity index (χ3v) is 4.08. The van der Waals surface area contributed by atoms with Crippen molar-refractivity contribution in [3.05, 3.63) is 0 Å². The number of carbonyl (C=O) groups excluding carboxylic acids is 1. The van der Waals surface area contributed by atoms with Crippen molar-refractivity contribution in [2.75, 3.05) is 11.5 Å². The summed E-state index contributed by atoms with van der Waals surface area (Å²) in [7, 11) is 0. The fraction of sp³-hybridized carbons (Fsp3) is 0.750. The van der Waals surface area contributed by atoms with E-state index in [4.69, 9.17) is 5.73 Å². The maximum absolute atomic E-state index is 11.9. The van der Waals surface area contributed by atoms with Gasteiger partial charge >= 0.3 is 0 Å². The van der Waals surface area contributed by atoms with Crippen molar-refractivity contribution in [1.82, 2.24) is 15.5 Å². The van der Waals surface area contributed by atoms with Gasteiger partial charge in [-0.15, -0.1) is 10.2 Å². The van der Waals surface area contributed by atoms with Gasteiger partial charge in [0.1, 0.15) is 0 Å². The molecule has 7 heteroatoms. The number of hydrogen-bond donors (Lipinski definition) is 2. The smallest absolute Gasteiger partial charge is 0.230 e. The van der Waals surface area contributed by atoms with Crippen molar-refractivity contribution in [1.29, 1.82) is 0 Å². The summed E-state index contributed by atoms with van der Waals surface area (Å²) in [5.41, 5.74) is 5.45. The molecule has 0 aromatic carbocycles. The fourth-order valence-electron chi connectivity index (χ4n) is 2.19. The first kappa shape index (κ1) is 16.2. The Kier molecular flexibility index (Phi) is 5.20. The zero-order valence-corrected chi connectivity index (χ0v) is 13.7. The third-order valence-electron chi connectivity index (χ3n) is 2.20. The number of anilines is 1. The van der Waals surface area contributed by atoms with Crippen LogP contribution in [0.15, 0.2) is 4.34 Å². The fourth-order valence-corrected chi connectivity index (χ4v) is 3.63. The van der Waals surface area contributed by atoms with E-state index in [1.54, 1.807) is 0 Å². The van der Waals surface area contributed by atoms with Crippen LogP contribution in [0.5, 0.6) is 0 Å². The van der Waals surface area contributed by atoms with Crippen molar-refractivity contribution in [3.8, 4) is 0 Å². The van der Waals surface area contributed by atoms with E-state index in [-0.39, 0.29) is 16.9 Å². The maximum Gasteiger partial charge on any atom is 0.230 e. The molecule has 5 nitrogen and oxygen atoms in total. The molecule has 0 aliphatic rings. The monoisotopic (exact) mass is 302 g/mol. The quantitative estimate of drug-likeness (QED) is 0.817. The summed E-state index contributed by atoms with van der Waals surface area (Å²) in [6.45, 7) is 10.6. The number of carbonyl (C=O) groups is 1. The normalized spacial score (nSPS) is 12.5. The van der Waals surface area contributed by atoms with Crippen molar-refractivity contribution in [2.24, 2.45) is 5.41 Å². The topological polar surface area (TPSA) is 80.9 Å². The first-order chi connectivity index (χ1) is 8.57. The van der Waals surface area contributed by atoms with Gasteiger partial charge in [0.05, 0.1) is 5.75 Å². The van der Waals surface area contributed by atoms with Crippen LogP contribution in [-0.2, 0) is 4.79 Å². The second-order valence-electron chi connectivity index (χ2n) is 6.36. The minimum Gasteiger partial charge on any atom is -0.374 e. The molecule has 1 amide bonds. The van der Waals surface area contributed by atoms with Gasteiger partial charge in [-0.2, -0.15) is 0 Å². The van der Waals surface area contributed by atoms with Gasteiger partial charge < -0.3 is 11.1 Å². The molecule has 0 bridgehead atoms. The molecular formula is C12H22N4OS2. The molecule has 0 spiro atoms. The average molecular weight is 302 g/mol. The Balaban J connectivity index is 2.42. The SMILES string of the molecule is CC(C)(C)CC(C)(C)NC(=O)CSc1nnc(N)s1. The van der Waals surface area contributed by atoms with Gasteiger partial charge in [0, 0.05) is 5.54 Å². The van der Waals surface area contributed by atoms with Crippen LogP contribution in [0, 0.1) is 5.41 Å². The van der Waals surface area contributed by atoms with Gasteiger partial charge in [0.2, 0.25) is 11.0 Å². The minimum absolute atomic E-state index is 0.00743. The number of aromatic nitrogens is 2. The van der Waals surface area contributed by atoms with E-state index in [1.807, 2.05) is 13.8 Å². The van der Waals surface area contributed by atoms with E-state index in [1.165, 1.54) is 23.1 Å². The molecule has 0 saturated heterocycles. The highest BCUT2D eigenvalue weighted by Crippen LogP contribution is 2.27. The Hall–Kier alpha value is -0.820. The summed E-state index contributed by atoms with van der Waals surface area (Å²) in [6, 6.07) is 0. The van der Waals surface area contributed by atoms with E-state index in [9.17, 15) is 4.79 Å². The van der Waals surface area contributed by atoms with Crippen molar-refractivity contribution in [2.45, 2.75) is 50.9 Å². The number of amides is 1. The summed E-state index contributed by atoms with van der Waals surface area (Å²) in [6.07, 6.45) is 0.919. The summed E-state index contributed by atoms with van der Waals surface area (Å²) < 4.78 is 0.723. The third kappa shape index (κ3) is 6.77. The Bertz CT molecular complexity index is 437. The van der Waals surface area contributed by atoms with Crippen LogP contribution in [-0.4, -0.2) is 27.4 Å². The van der Waals surface area contributed by atoms with Crippen molar-refractivity contribution >= 4 is 34.1 Å². The lowest BCUT2D eigenvalue weighted by Crippen LogP contribution is -2.46. The largest absolute Gasteiger partial charge is 0.374 e. The van der Waals surface area contributed by atoms with Gasteiger partial charge in [0.15, 0.2) is 4.34 Å². The molecule has 108 valence electrons. The standard InChI is InChI=1S/C12H22N4OS2/c1-11(2,3)7-12(4,5)14-8(17)6-18-10-16-15-9(13)19-10/h6-7H2,1-5H3,(H2,13,15)(H,14,17). The summed E-state index contributed by atoms with van der Waals surface area (Å²) in [5.74, 6) is 0.343. The molecule has 0 saturated carbocycles. The summed E-state index contributed by atoms with van der Waals surface area (Å²) in [4.78, 5) is 11.9. The zero-order valence-electron chi connectivity index (χ0n) is 12.1. The van der Waals surface area contributed by atoms with Gasteiger partial charge in [-0.1, -0.05) is 43.9 Å². The Labute approximate surface area is 122 Å². The van der Waals surface area contributed by atoms with E-state index in [0.29, 0.717) is 10.9 Å². The number of nitrogens with two attached hydrogens (primary N) is 1. The van der Waals surface area contributed by atoms with Crippen LogP contribution in [0.2, 0.25) is 0 Å². The summed E-state index contributed by atoms with van der Waals surface area (Å²) in [5, 5.41) is 11.1. The average Bonchev–Trinajstić information content (AvgIpc) is 2.56. The van der Waals surface area contributed by atoms with Crippen LogP contribution < -0.4 is 11.1 Å². The van der Waals surface area contributed by atoms with Crippen LogP contribution in [0.4, 0.5) is 5.13 Å². The van der Waals surface area contributed by atoms with Gasteiger partial charge in [-0.25, -0.2) is 0 Å². The Morgan fingerprint density at radius 1 is 1.32 bits per heavy atom. The van der Waals surface area contributed by atoms with Crippen molar-refractivity contribution < 1.29 is 4.79 Å². The lowest BCUT2D eigenvalue weighted by Gasteiger charge is -2.33. The molecule has 0 aliphatic heterocycles. The van der Waals surface area contributed by atoms with Crippen LogP contribution >= 0.6 is 23.1 Å². The minimum atomic E-state index is -0.212. The highest BCUT2D eigenvalue weighted by atomic mass is 32.2. The second kappa shape index (κ2) is 6.09. The van der Waals surface area contributed by atoms with E-state index < -0.39 is 0 Å². The first-order valence-electron chi connectivity index (χ1n) is 6.10. The maximum atomic E-state index is 11.9. The van der Waals surface area contributed by atoms with Crippen LogP contribution in [0.25, 0.3) is 0 Å². The van der Waals surface area contributed by atoms with E-state index in [2.05, 4.69) is 36.3 Å². The van der Waals surface area contributed by atoms with E-state index in [0.717, 1.165) is 10.8 Å². The predicted molar refractivity (Wildman–Crippen MR) is 81.3 cm³/mol. The van der Waals surface area contributed by atoms with Gasteiger partial charge in [0.25, 0.3) is 0 Å². The number of nitrogens with zero attached hydrogens (tertiary/aromatic N) is 2. The molecule has 1 aromatic rings. The molecule has 0 unspecified atom stereocenters. The molecule has 3 N–H and O–H groups in total. The molecule has 1 heterocycles. The predicted octanol–water partition coefficient (Wildman–Crippen LogP) is 2.54. The molecular weight excluding hydrogens is 280 g/mol. The molecule has 0 aliphatic carbocycles. The molecule has 1 rings (SSSR count). The number of nitrogens with one attached hydrogen (secondary N) is 1. The Morgan fingerprint density at radius 2 is 1.95 bits per heavy atom. The van der Waals surface area contributed by atoms with Crippen LogP contribution in [0.3, 0.4) is 0 Å². The zero-order chi connectivity index (χ0) is 14.7. The van der Waals surface area contributed by atoms with Crippen LogP contribution in [0.1, 0.15) is 41.0 Å². The van der Waals surface area contributed by atoms with Gasteiger partial charge in [-0.05, 0) is 25.7 Å². The first-order valence-corrected chi connectivity index (χ1v) is 7.90. The molecule has 19 heavy (non-hydrogen) atoms. The number of nitrogen functional groups attached to an aromatic ring is 1. The summed E-state index contributed by atoms with van der Waals surface area (Å²) >= 11 is 2.66. The van der Waals surface area contributed by atoms with Crippen molar-refractivity contribution in [3.63, 3.8) is 0 Å².